The van der Waals surface area contributed by atoms with Crippen LogP contribution in [0.25, 0.3) is 0 Å². The molecular formula is C17H27BN2O2. The van der Waals surface area contributed by atoms with Crippen molar-refractivity contribution in [1.29, 1.82) is 0 Å². The average Bonchev–Trinajstić information content (AvgIpc) is 2.84. The van der Waals surface area contributed by atoms with Gasteiger partial charge < -0.3 is 16.2 Å². The number of hydrogen-bond acceptors (Lipinski definition) is 3. The first-order chi connectivity index (χ1) is 10.6. The summed E-state index contributed by atoms with van der Waals surface area (Å²) in [5.41, 5.74) is 6.45. The molecule has 1 fully saturated rings. The highest BCUT2D eigenvalue weighted by atomic mass is 16.4. The normalized spacial score (nSPS) is 27.9. The van der Waals surface area contributed by atoms with Crippen molar-refractivity contribution in [3.05, 3.63) is 35.9 Å². The van der Waals surface area contributed by atoms with Crippen molar-refractivity contribution in [1.82, 2.24) is 5.32 Å². The molecule has 1 saturated carbocycles. The Morgan fingerprint density at radius 1 is 1.41 bits per heavy atom. The average molecular weight is 302 g/mol. The lowest BCUT2D eigenvalue weighted by Gasteiger charge is -2.26. The molecule has 0 bridgehead atoms. The van der Waals surface area contributed by atoms with Gasteiger partial charge in [-0.3, -0.25) is 4.79 Å². The SMILES string of the molecule is BCCC[C@H]1C[C@H](CNCc2ccccc2)C[C@@]1(N)C(=O)O. The quantitative estimate of drug-likeness (QED) is 0.635. The van der Waals surface area contributed by atoms with Gasteiger partial charge in [0.05, 0.1) is 0 Å². The third kappa shape index (κ3) is 4.11. The van der Waals surface area contributed by atoms with E-state index in [4.69, 9.17) is 5.73 Å². The monoisotopic (exact) mass is 302 g/mol. The lowest BCUT2D eigenvalue weighted by molar-refractivity contribution is -0.145. The van der Waals surface area contributed by atoms with Crippen LogP contribution in [0.2, 0.25) is 6.32 Å². The molecule has 0 aliphatic heterocycles. The van der Waals surface area contributed by atoms with Gasteiger partial charge in [0.2, 0.25) is 0 Å². The number of rotatable bonds is 8. The Kier molecular flexibility index (Phi) is 6.03. The van der Waals surface area contributed by atoms with Gasteiger partial charge >= 0.3 is 5.97 Å². The molecule has 0 spiro atoms. The fraction of sp³-hybridized carbons (Fsp3) is 0.588. The molecule has 3 atom stereocenters. The van der Waals surface area contributed by atoms with Crippen LogP contribution in [-0.4, -0.2) is 31.0 Å². The molecule has 22 heavy (non-hydrogen) atoms. The molecule has 1 aromatic rings. The zero-order chi connectivity index (χ0) is 16.0. The van der Waals surface area contributed by atoms with E-state index in [1.54, 1.807) is 0 Å². The first-order valence-corrected chi connectivity index (χ1v) is 8.33. The van der Waals surface area contributed by atoms with Crippen LogP contribution < -0.4 is 11.1 Å². The van der Waals surface area contributed by atoms with Crippen molar-refractivity contribution in [3.63, 3.8) is 0 Å². The number of nitrogens with one attached hydrogen (secondary N) is 1. The second-order valence-electron chi connectivity index (χ2n) is 6.61. The smallest absolute Gasteiger partial charge is 0.323 e. The molecule has 0 unspecified atom stereocenters. The molecule has 0 radical (unpaired) electrons. The minimum Gasteiger partial charge on any atom is -0.480 e. The van der Waals surface area contributed by atoms with Gasteiger partial charge in [0.15, 0.2) is 0 Å². The maximum atomic E-state index is 11.6. The van der Waals surface area contributed by atoms with Crippen LogP contribution in [-0.2, 0) is 11.3 Å². The first-order valence-electron chi connectivity index (χ1n) is 8.33. The molecule has 0 amide bonds. The third-order valence-corrected chi connectivity index (χ3v) is 4.88. The highest BCUT2D eigenvalue weighted by Crippen LogP contribution is 2.41. The Morgan fingerprint density at radius 3 is 2.77 bits per heavy atom. The van der Waals surface area contributed by atoms with Crippen molar-refractivity contribution in [2.45, 2.75) is 44.1 Å². The van der Waals surface area contributed by atoms with Gasteiger partial charge in [-0.05, 0) is 43.2 Å². The number of hydrogen-bond donors (Lipinski definition) is 3. The summed E-state index contributed by atoms with van der Waals surface area (Å²) in [5.74, 6) is -0.376. The van der Waals surface area contributed by atoms with Gasteiger partial charge in [0.25, 0.3) is 0 Å². The lowest BCUT2D eigenvalue weighted by atomic mass is 9.83. The van der Waals surface area contributed by atoms with Crippen molar-refractivity contribution in [2.75, 3.05) is 6.54 Å². The second kappa shape index (κ2) is 7.79. The van der Waals surface area contributed by atoms with Crippen LogP contribution in [0.4, 0.5) is 0 Å². The largest absolute Gasteiger partial charge is 0.480 e. The van der Waals surface area contributed by atoms with Gasteiger partial charge in [-0.25, -0.2) is 0 Å². The molecule has 1 aliphatic rings. The molecule has 0 heterocycles. The molecule has 4 N–H and O–H groups in total. The Morgan fingerprint density at radius 2 is 2.14 bits per heavy atom. The van der Waals surface area contributed by atoms with E-state index in [0.717, 1.165) is 38.7 Å². The van der Waals surface area contributed by atoms with Crippen molar-refractivity contribution in [2.24, 2.45) is 17.6 Å². The van der Waals surface area contributed by atoms with E-state index in [9.17, 15) is 9.90 Å². The topological polar surface area (TPSA) is 75.3 Å². The minimum absolute atomic E-state index is 0.105. The van der Waals surface area contributed by atoms with E-state index in [0.29, 0.717) is 12.3 Å². The predicted octanol–water partition coefficient (Wildman–Crippen LogP) is 1.42. The number of benzene rings is 1. The number of carboxylic acid groups (broad SMARTS) is 1. The summed E-state index contributed by atoms with van der Waals surface area (Å²) in [7, 11) is 2.13. The highest BCUT2D eigenvalue weighted by Gasteiger charge is 2.49. The summed E-state index contributed by atoms with van der Waals surface area (Å²) in [6, 6.07) is 10.3. The van der Waals surface area contributed by atoms with Gasteiger partial charge in [0, 0.05) is 6.54 Å². The van der Waals surface area contributed by atoms with Crippen LogP contribution in [0.15, 0.2) is 30.3 Å². The highest BCUT2D eigenvalue weighted by molar-refractivity contribution is 6.08. The van der Waals surface area contributed by atoms with Crippen LogP contribution in [0.5, 0.6) is 0 Å². The second-order valence-corrected chi connectivity index (χ2v) is 6.61. The van der Waals surface area contributed by atoms with E-state index >= 15 is 0 Å². The van der Waals surface area contributed by atoms with E-state index in [-0.39, 0.29) is 5.92 Å². The molecule has 0 aromatic heterocycles. The Hall–Kier alpha value is -1.33. The van der Waals surface area contributed by atoms with Crippen LogP contribution in [0.1, 0.15) is 31.2 Å². The van der Waals surface area contributed by atoms with Crippen molar-refractivity contribution < 1.29 is 9.90 Å². The summed E-state index contributed by atoms with van der Waals surface area (Å²) in [4.78, 5) is 11.6. The molecular weight excluding hydrogens is 275 g/mol. The van der Waals surface area contributed by atoms with Gasteiger partial charge in [-0.1, -0.05) is 43.1 Å². The van der Waals surface area contributed by atoms with Crippen molar-refractivity contribution in [3.8, 4) is 0 Å². The maximum Gasteiger partial charge on any atom is 0.323 e. The van der Waals surface area contributed by atoms with Crippen LogP contribution in [0, 0.1) is 11.8 Å². The summed E-state index contributed by atoms with van der Waals surface area (Å²) in [5, 5.41) is 13.0. The van der Waals surface area contributed by atoms with Crippen molar-refractivity contribution >= 4 is 13.8 Å². The Bertz CT molecular complexity index is 483. The van der Waals surface area contributed by atoms with Crippen LogP contribution >= 0.6 is 0 Å². The van der Waals surface area contributed by atoms with Gasteiger partial charge in [-0.15, -0.1) is 0 Å². The molecule has 1 aliphatic carbocycles. The van der Waals surface area contributed by atoms with E-state index in [1.165, 1.54) is 5.56 Å². The lowest BCUT2D eigenvalue weighted by Crippen LogP contribution is -2.51. The van der Waals surface area contributed by atoms with E-state index in [2.05, 4.69) is 25.3 Å². The molecule has 4 nitrogen and oxygen atoms in total. The number of carboxylic acids is 1. The number of aliphatic carboxylic acids is 1. The van der Waals surface area contributed by atoms with Gasteiger partial charge in [-0.2, -0.15) is 0 Å². The minimum atomic E-state index is -1.03. The first kappa shape index (κ1) is 17.0. The van der Waals surface area contributed by atoms with E-state index < -0.39 is 11.5 Å². The predicted molar refractivity (Wildman–Crippen MR) is 91.5 cm³/mol. The summed E-state index contributed by atoms with van der Waals surface area (Å²) in [6.45, 7) is 1.66. The van der Waals surface area contributed by atoms with Crippen LogP contribution in [0.3, 0.4) is 0 Å². The zero-order valence-corrected chi connectivity index (χ0v) is 13.4. The van der Waals surface area contributed by atoms with Gasteiger partial charge in [0.1, 0.15) is 13.4 Å². The summed E-state index contributed by atoms with van der Waals surface area (Å²) < 4.78 is 0. The molecule has 1 aromatic carbocycles. The molecule has 5 heteroatoms. The van der Waals surface area contributed by atoms with E-state index in [1.807, 2.05) is 18.2 Å². The standard InChI is InChI=1S/C17H27BN2O2/c18-8-4-7-15-9-14(10-17(15,19)16(21)22)12-20-11-13-5-2-1-3-6-13/h1-3,5-6,14-15,20H,4,7-12,18-19H2,(H,21,22)/t14-,15-,17-/m0/s1. The molecule has 0 saturated heterocycles. The Labute approximate surface area is 133 Å². The summed E-state index contributed by atoms with van der Waals surface area (Å²) in [6.07, 6.45) is 4.57. The zero-order valence-electron chi connectivity index (χ0n) is 13.4. The number of carbonyl (C=O) groups is 1. The Balaban J connectivity index is 1.86. The molecule has 120 valence electrons. The number of nitrogens with two attached hydrogens (primary N) is 1. The fourth-order valence-corrected chi connectivity index (χ4v) is 3.60. The molecule has 2 rings (SSSR count). The maximum absolute atomic E-state index is 11.6. The fourth-order valence-electron chi connectivity index (χ4n) is 3.60. The summed E-state index contributed by atoms with van der Waals surface area (Å²) >= 11 is 0. The third-order valence-electron chi connectivity index (χ3n) is 4.88.